The highest BCUT2D eigenvalue weighted by Crippen LogP contribution is 2.20. The standard InChI is InChI=1S/C11H20N2O5/c1-18-11(17)12-9-4-8(5-10(15)16)6-13(7-9)2-3-14/h8-9,14H,2-7H2,1H3,(H,12,17)(H,15,16). The first kappa shape index (κ1) is 14.7. The van der Waals surface area contributed by atoms with Crippen molar-refractivity contribution in [2.75, 3.05) is 33.4 Å². The number of carbonyl (C=O) groups excluding carboxylic acids is 1. The van der Waals surface area contributed by atoms with Gasteiger partial charge in [0.2, 0.25) is 0 Å². The zero-order chi connectivity index (χ0) is 13.5. The van der Waals surface area contributed by atoms with Gasteiger partial charge in [-0.25, -0.2) is 4.79 Å². The first-order valence-corrected chi connectivity index (χ1v) is 5.94. The SMILES string of the molecule is COC(=O)NC1CC(CC(=O)O)CN(CCO)C1. The van der Waals surface area contributed by atoms with Crippen LogP contribution in [0.4, 0.5) is 4.79 Å². The molecule has 0 aromatic carbocycles. The van der Waals surface area contributed by atoms with E-state index in [-0.39, 0.29) is 25.0 Å². The van der Waals surface area contributed by atoms with Crippen molar-refractivity contribution in [2.45, 2.75) is 18.9 Å². The quantitative estimate of drug-likeness (QED) is 0.616. The van der Waals surface area contributed by atoms with Gasteiger partial charge in [-0.1, -0.05) is 0 Å². The number of carboxylic acid groups (broad SMARTS) is 1. The highest BCUT2D eigenvalue weighted by molar-refractivity contribution is 5.68. The van der Waals surface area contributed by atoms with Gasteiger partial charge in [0.15, 0.2) is 0 Å². The van der Waals surface area contributed by atoms with Gasteiger partial charge in [-0.3, -0.25) is 9.69 Å². The summed E-state index contributed by atoms with van der Waals surface area (Å²) in [5.74, 6) is -0.868. The highest BCUT2D eigenvalue weighted by atomic mass is 16.5. The summed E-state index contributed by atoms with van der Waals surface area (Å²) in [6.45, 7) is 1.73. The van der Waals surface area contributed by atoms with Crippen LogP contribution in [0.25, 0.3) is 0 Å². The minimum atomic E-state index is -0.845. The van der Waals surface area contributed by atoms with E-state index in [1.54, 1.807) is 0 Å². The Morgan fingerprint density at radius 2 is 2.17 bits per heavy atom. The lowest BCUT2D eigenvalue weighted by atomic mass is 9.91. The first-order chi connectivity index (χ1) is 8.55. The molecule has 0 spiro atoms. The van der Waals surface area contributed by atoms with Crippen molar-refractivity contribution in [3.8, 4) is 0 Å². The Bertz CT molecular complexity index is 297. The van der Waals surface area contributed by atoms with E-state index in [0.29, 0.717) is 26.1 Å². The number of aliphatic carboxylic acids is 1. The molecule has 1 amide bonds. The molecule has 1 aliphatic heterocycles. The fraction of sp³-hybridized carbons (Fsp3) is 0.818. The molecule has 3 N–H and O–H groups in total. The van der Waals surface area contributed by atoms with E-state index >= 15 is 0 Å². The Hall–Kier alpha value is -1.34. The predicted molar refractivity (Wildman–Crippen MR) is 63.2 cm³/mol. The van der Waals surface area contributed by atoms with Crippen molar-refractivity contribution in [3.63, 3.8) is 0 Å². The van der Waals surface area contributed by atoms with Crippen LogP contribution in [0.2, 0.25) is 0 Å². The number of hydrogen-bond donors (Lipinski definition) is 3. The lowest BCUT2D eigenvalue weighted by molar-refractivity contribution is -0.138. The molecule has 0 aromatic rings. The molecule has 1 rings (SSSR count). The molecule has 1 heterocycles. The number of carbonyl (C=O) groups is 2. The summed E-state index contributed by atoms with van der Waals surface area (Å²) < 4.78 is 4.53. The minimum Gasteiger partial charge on any atom is -0.481 e. The molecule has 1 fully saturated rings. The number of piperidine rings is 1. The van der Waals surface area contributed by atoms with Crippen molar-refractivity contribution in [3.05, 3.63) is 0 Å². The van der Waals surface area contributed by atoms with Crippen LogP contribution in [0.1, 0.15) is 12.8 Å². The number of aliphatic hydroxyl groups is 1. The number of nitrogens with zero attached hydrogens (tertiary/aromatic N) is 1. The molecule has 2 unspecified atom stereocenters. The third kappa shape index (κ3) is 4.89. The van der Waals surface area contributed by atoms with Crippen LogP contribution in [0.3, 0.4) is 0 Å². The Morgan fingerprint density at radius 3 is 2.72 bits per heavy atom. The third-order valence-corrected chi connectivity index (χ3v) is 3.00. The predicted octanol–water partition coefficient (Wildman–Crippen LogP) is -0.500. The Morgan fingerprint density at radius 1 is 1.44 bits per heavy atom. The fourth-order valence-corrected chi connectivity index (χ4v) is 2.35. The molecule has 0 bridgehead atoms. The topological polar surface area (TPSA) is 99.1 Å². The summed E-state index contributed by atoms with van der Waals surface area (Å²) in [5.41, 5.74) is 0. The second-order valence-corrected chi connectivity index (χ2v) is 4.52. The molecule has 0 aromatic heterocycles. The molecule has 18 heavy (non-hydrogen) atoms. The normalized spacial score (nSPS) is 24.6. The smallest absolute Gasteiger partial charge is 0.407 e. The van der Waals surface area contributed by atoms with Gasteiger partial charge in [0.05, 0.1) is 13.7 Å². The number of likely N-dealkylation sites (tertiary alicyclic amines) is 1. The van der Waals surface area contributed by atoms with Crippen molar-refractivity contribution in [1.82, 2.24) is 10.2 Å². The molecule has 104 valence electrons. The summed E-state index contributed by atoms with van der Waals surface area (Å²) in [5, 5.41) is 20.4. The molecule has 2 atom stereocenters. The maximum atomic E-state index is 11.2. The van der Waals surface area contributed by atoms with Gasteiger partial charge < -0.3 is 20.3 Å². The van der Waals surface area contributed by atoms with E-state index in [2.05, 4.69) is 10.1 Å². The number of rotatable bonds is 5. The van der Waals surface area contributed by atoms with Gasteiger partial charge in [0, 0.05) is 32.1 Å². The molecule has 1 aliphatic rings. The van der Waals surface area contributed by atoms with E-state index in [9.17, 15) is 9.59 Å². The van der Waals surface area contributed by atoms with Crippen LogP contribution in [0, 0.1) is 5.92 Å². The zero-order valence-electron chi connectivity index (χ0n) is 10.5. The van der Waals surface area contributed by atoms with E-state index in [1.165, 1.54) is 7.11 Å². The largest absolute Gasteiger partial charge is 0.481 e. The average molecular weight is 260 g/mol. The molecular weight excluding hydrogens is 240 g/mol. The van der Waals surface area contributed by atoms with Crippen LogP contribution in [-0.4, -0.2) is 66.6 Å². The average Bonchev–Trinajstić information content (AvgIpc) is 2.28. The molecule has 1 saturated heterocycles. The molecule has 0 radical (unpaired) electrons. The number of aliphatic hydroxyl groups excluding tert-OH is 1. The fourth-order valence-electron chi connectivity index (χ4n) is 2.35. The zero-order valence-corrected chi connectivity index (χ0v) is 10.5. The number of nitrogens with one attached hydrogen (secondary N) is 1. The summed E-state index contributed by atoms with van der Waals surface area (Å²) in [6, 6.07) is -0.137. The van der Waals surface area contributed by atoms with Crippen LogP contribution in [-0.2, 0) is 9.53 Å². The van der Waals surface area contributed by atoms with Gasteiger partial charge in [0.1, 0.15) is 0 Å². The second-order valence-electron chi connectivity index (χ2n) is 4.52. The van der Waals surface area contributed by atoms with Gasteiger partial charge in [-0.15, -0.1) is 0 Å². The molecule has 7 heteroatoms. The van der Waals surface area contributed by atoms with Crippen LogP contribution in [0.5, 0.6) is 0 Å². The lowest BCUT2D eigenvalue weighted by Crippen LogP contribution is -2.51. The van der Waals surface area contributed by atoms with Gasteiger partial charge in [-0.2, -0.15) is 0 Å². The summed E-state index contributed by atoms with van der Waals surface area (Å²) in [4.78, 5) is 23.8. The van der Waals surface area contributed by atoms with Crippen molar-refractivity contribution in [1.29, 1.82) is 0 Å². The Kier molecular flexibility index (Phi) is 5.87. The maximum Gasteiger partial charge on any atom is 0.407 e. The maximum absolute atomic E-state index is 11.2. The number of ether oxygens (including phenoxy) is 1. The summed E-state index contributed by atoms with van der Waals surface area (Å²) in [7, 11) is 1.29. The lowest BCUT2D eigenvalue weighted by Gasteiger charge is -2.37. The van der Waals surface area contributed by atoms with Crippen molar-refractivity contribution < 1.29 is 24.5 Å². The molecule has 7 nitrogen and oxygen atoms in total. The highest BCUT2D eigenvalue weighted by Gasteiger charge is 2.29. The van der Waals surface area contributed by atoms with Gasteiger partial charge in [0.25, 0.3) is 0 Å². The number of carboxylic acids is 1. The number of alkyl carbamates (subject to hydrolysis) is 1. The van der Waals surface area contributed by atoms with Crippen molar-refractivity contribution >= 4 is 12.1 Å². The van der Waals surface area contributed by atoms with Crippen LogP contribution < -0.4 is 5.32 Å². The summed E-state index contributed by atoms with van der Waals surface area (Å²) >= 11 is 0. The monoisotopic (exact) mass is 260 g/mol. The van der Waals surface area contributed by atoms with E-state index in [1.807, 2.05) is 4.90 Å². The number of amides is 1. The van der Waals surface area contributed by atoms with Crippen molar-refractivity contribution in [2.24, 2.45) is 5.92 Å². The van der Waals surface area contributed by atoms with Gasteiger partial charge >= 0.3 is 12.1 Å². The number of β-amino-alcohol motifs (C(OH)–C–C–N with tert-alkyl or cyclic N) is 1. The molecular formula is C11H20N2O5. The van der Waals surface area contributed by atoms with E-state index in [4.69, 9.17) is 10.2 Å². The number of methoxy groups -OCH3 is 1. The van der Waals surface area contributed by atoms with Crippen LogP contribution >= 0.6 is 0 Å². The third-order valence-electron chi connectivity index (χ3n) is 3.00. The van der Waals surface area contributed by atoms with Crippen LogP contribution in [0.15, 0.2) is 0 Å². The minimum absolute atomic E-state index is 0.0186. The van der Waals surface area contributed by atoms with E-state index < -0.39 is 12.1 Å². The second kappa shape index (κ2) is 7.17. The molecule has 0 saturated carbocycles. The first-order valence-electron chi connectivity index (χ1n) is 5.94. The molecule has 0 aliphatic carbocycles. The summed E-state index contributed by atoms with van der Waals surface area (Å²) in [6.07, 6.45) is 0.171. The Balaban J connectivity index is 2.55. The Labute approximate surface area is 106 Å². The van der Waals surface area contributed by atoms with E-state index in [0.717, 1.165) is 0 Å². The van der Waals surface area contributed by atoms with Gasteiger partial charge in [-0.05, 0) is 12.3 Å². The number of hydrogen-bond acceptors (Lipinski definition) is 5.